The molecule has 104 valence electrons. The van der Waals surface area contributed by atoms with Crippen molar-refractivity contribution in [2.45, 2.75) is 6.18 Å². The first-order valence-corrected chi connectivity index (χ1v) is 5.47. The van der Waals surface area contributed by atoms with Gasteiger partial charge in [0.25, 0.3) is 0 Å². The van der Waals surface area contributed by atoms with E-state index in [0.29, 0.717) is 5.56 Å². The van der Waals surface area contributed by atoms with Gasteiger partial charge in [-0.3, -0.25) is 0 Å². The third-order valence-electron chi connectivity index (χ3n) is 2.39. The van der Waals surface area contributed by atoms with Crippen LogP contribution in [0, 0.1) is 5.82 Å². The Labute approximate surface area is 110 Å². The molecule has 0 aliphatic rings. The lowest BCUT2D eigenvalue weighted by Gasteiger charge is -2.05. The number of halogens is 4. The topological polar surface area (TPSA) is 45.8 Å². The largest absolute Gasteiger partial charge is 0.431 e. The van der Waals surface area contributed by atoms with Crippen LogP contribution >= 0.6 is 0 Å². The van der Waals surface area contributed by atoms with Crippen LogP contribution in [0.25, 0.3) is 12.2 Å². The second-order valence-corrected chi connectivity index (χ2v) is 3.91. The van der Waals surface area contributed by atoms with Gasteiger partial charge in [0.2, 0.25) is 0 Å². The monoisotopic (exact) mass is 284 g/mol. The predicted molar refractivity (Wildman–Crippen MR) is 65.2 cm³/mol. The Balaban J connectivity index is 2.32. The Bertz CT molecular complexity index is 687. The normalized spacial score (nSPS) is 12.0. The van der Waals surface area contributed by atoms with Crippen LogP contribution in [0.3, 0.4) is 0 Å². The lowest BCUT2D eigenvalue weighted by molar-refractivity contribution is -0.141. The molecule has 2 rings (SSSR count). The van der Waals surface area contributed by atoms with Gasteiger partial charge >= 0.3 is 11.9 Å². The zero-order valence-electron chi connectivity index (χ0n) is 9.91. The van der Waals surface area contributed by atoms with E-state index in [1.54, 1.807) is 4.98 Å². The lowest BCUT2D eigenvalue weighted by Crippen LogP contribution is -2.19. The maximum absolute atomic E-state index is 12.7. The fourth-order valence-electron chi connectivity index (χ4n) is 1.47. The number of hydrogen-bond donors (Lipinski definition) is 1. The Morgan fingerprint density at radius 3 is 2.35 bits per heavy atom. The quantitative estimate of drug-likeness (QED) is 0.861. The van der Waals surface area contributed by atoms with E-state index in [0.717, 1.165) is 6.07 Å². The first kappa shape index (κ1) is 14.0. The predicted octanol–water partition coefficient (Wildman–Crippen LogP) is 3.10. The van der Waals surface area contributed by atoms with E-state index in [1.807, 2.05) is 0 Å². The average molecular weight is 284 g/mol. The van der Waals surface area contributed by atoms with E-state index in [2.05, 4.69) is 4.98 Å². The summed E-state index contributed by atoms with van der Waals surface area (Å²) in [4.78, 5) is 16.1. The standard InChI is InChI=1S/C13H8F4N2O/c14-9-4-1-8(2-5-9)3-6-10-7-11(13(15,16)17)19-12(20)18-10/h1-7H,(H,18,19,20). The van der Waals surface area contributed by atoms with Crippen LogP contribution in [0.15, 0.2) is 35.1 Å². The van der Waals surface area contributed by atoms with Crippen LogP contribution in [-0.4, -0.2) is 9.97 Å². The van der Waals surface area contributed by atoms with Gasteiger partial charge in [0.15, 0.2) is 0 Å². The highest BCUT2D eigenvalue weighted by atomic mass is 19.4. The number of alkyl halides is 3. The Morgan fingerprint density at radius 1 is 1.10 bits per heavy atom. The van der Waals surface area contributed by atoms with Crippen molar-refractivity contribution in [3.05, 3.63) is 63.6 Å². The molecule has 0 aliphatic carbocycles. The van der Waals surface area contributed by atoms with Crippen molar-refractivity contribution in [2.24, 2.45) is 0 Å². The minimum atomic E-state index is -4.65. The molecule has 1 N–H and O–H groups in total. The molecule has 0 saturated carbocycles. The summed E-state index contributed by atoms with van der Waals surface area (Å²) < 4.78 is 50.2. The van der Waals surface area contributed by atoms with Crippen LogP contribution in [0.4, 0.5) is 17.6 Å². The first-order valence-electron chi connectivity index (χ1n) is 5.47. The number of hydrogen-bond acceptors (Lipinski definition) is 2. The average Bonchev–Trinajstić information content (AvgIpc) is 2.36. The van der Waals surface area contributed by atoms with Gasteiger partial charge in [-0.1, -0.05) is 18.2 Å². The number of H-pyrrole nitrogens is 1. The molecule has 1 aromatic carbocycles. The number of nitrogens with zero attached hydrogens (tertiary/aromatic N) is 1. The summed E-state index contributed by atoms with van der Waals surface area (Å²) in [5.74, 6) is -0.421. The van der Waals surface area contributed by atoms with Crippen molar-refractivity contribution in [3.8, 4) is 0 Å². The van der Waals surface area contributed by atoms with Crippen molar-refractivity contribution in [3.63, 3.8) is 0 Å². The summed E-state index contributed by atoms with van der Waals surface area (Å²) in [6.07, 6.45) is -1.97. The van der Waals surface area contributed by atoms with Crippen LogP contribution in [0.1, 0.15) is 17.0 Å². The number of rotatable bonds is 2. The van der Waals surface area contributed by atoms with E-state index >= 15 is 0 Å². The molecular weight excluding hydrogens is 276 g/mol. The third kappa shape index (κ3) is 3.53. The summed E-state index contributed by atoms with van der Waals surface area (Å²) in [6.45, 7) is 0. The number of aromatic amines is 1. The molecule has 0 atom stereocenters. The molecule has 0 radical (unpaired) electrons. The van der Waals surface area contributed by atoms with Crippen LogP contribution in [0.5, 0.6) is 0 Å². The first-order chi connectivity index (χ1) is 9.34. The van der Waals surface area contributed by atoms with Crippen LogP contribution < -0.4 is 5.69 Å². The van der Waals surface area contributed by atoms with Crippen molar-refractivity contribution in [1.82, 2.24) is 9.97 Å². The lowest BCUT2D eigenvalue weighted by atomic mass is 10.2. The van der Waals surface area contributed by atoms with Gasteiger partial charge in [-0.05, 0) is 29.8 Å². The highest BCUT2D eigenvalue weighted by Gasteiger charge is 2.32. The van der Waals surface area contributed by atoms with Gasteiger partial charge in [0.05, 0.1) is 5.69 Å². The molecule has 0 amide bonds. The molecule has 1 heterocycles. The van der Waals surface area contributed by atoms with Gasteiger partial charge in [-0.2, -0.15) is 18.2 Å². The molecule has 0 unspecified atom stereocenters. The van der Waals surface area contributed by atoms with Crippen LogP contribution in [0.2, 0.25) is 0 Å². The maximum atomic E-state index is 12.7. The van der Waals surface area contributed by atoms with Crippen molar-refractivity contribution >= 4 is 12.2 Å². The van der Waals surface area contributed by atoms with E-state index in [-0.39, 0.29) is 5.69 Å². The molecule has 7 heteroatoms. The zero-order chi connectivity index (χ0) is 14.8. The summed E-state index contributed by atoms with van der Waals surface area (Å²) in [7, 11) is 0. The summed E-state index contributed by atoms with van der Waals surface area (Å²) >= 11 is 0. The summed E-state index contributed by atoms with van der Waals surface area (Å²) in [5.41, 5.74) is -1.82. The molecule has 0 saturated heterocycles. The molecule has 2 aromatic rings. The summed E-state index contributed by atoms with van der Waals surface area (Å²) in [5, 5.41) is 0. The van der Waals surface area contributed by atoms with Crippen molar-refractivity contribution in [1.29, 1.82) is 0 Å². The number of benzene rings is 1. The minimum absolute atomic E-state index is 0.134. The second-order valence-electron chi connectivity index (χ2n) is 3.91. The Kier molecular flexibility index (Phi) is 3.69. The number of nitrogens with one attached hydrogen (secondary N) is 1. The number of aromatic nitrogens is 2. The van der Waals surface area contributed by atoms with E-state index in [9.17, 15) is 22.4 Å². The van der Waals surface area contributed by atoms with Gasteiger partial charge < -0.3 is 4.98 Å². The molecule has 3 nitrogen and oxygen atoms in total. The highest BCUT2D eigenvalue weighted by molar-refractivity contribution is 5.67. The van der Waals surface area contributed by atoms with Gasteiger partial charge in [0, 0.05) is 0 Å². The summed E-state index contributed by atoms with van der Waals surface area (Å²) in [6, 6.07) is 6.05. The minimum Gasteiger partial charge on any atom is -0.302 e. The Hall–Kier alpha value is -2.44. The SMILES string of the molecule is O=c1nc(C=Cc2ccc(F)cc2)cc(C(F)(F)F)[nH]1. The second kappa shape index (κ2) is 5.28. The molecule has 1 aromatic heterocycles. The van der Waals surface area contributed by atoms with E-state index in [4.69, 9.17) is 0 Å². The fraction of sp³-hybridized carbons (Fsp3) is 0.0769. The van der Waals surface area contributed by atoms with Crippen molar-refractivity contribution in [2.75, 3.05) is 0 Å². The van der Waals surface area contributed by atoms with E-state index < -0.39 is 23.4 Å². The van der Waals surface area contributed by atoms with E-state index in [1.165, 1.54) is 36.4 Å². The molecule has 0 bridgehead atoms. The molecule has 0 spiro atoms. The molecule has 20 heavy (non-hydrogen) atoms. The third-order valence-corrected chi connectivity index (χ3v) is 2.39. The molecular formula is C13H8F4N2O. The van der Waals surface area contributed by atoms with Gasteiger partial charge in [0.1, 0.15) is 11.5 Å². The fourth-order valence-corrected chi connectivity index (χ4v) is 1.47. The maximum Gasteiger partial charge on any atom is 0.431 e. The van der Waals surface area contributed by atoms with Gasteiger partial charge in [-0.15, -0.1) is 0 Å². The van der Waals surface area contributed by atoms with Gasteiger partial charge in [-0.25, -0.2) is 9.18 Å². The van der Waals surface area contributed by atoms with Crippen LogP contribution in [-0.2, 0) is 6.18 Å². The Morgan fingerprint density at radius 2 is 1.75 bits per heavy atom. The molecule has 0 fully saturated rings. The highest BCUT2D eigenvalue weighted by Crippen LogP contribution is 2.26. The van der Waals surface area contributed by atoms with Crippen molar-refractivity contribution < 1.29 is 17.6 Å². The smallest absolute Gasteiger partial charge is 0.302 e. The zero-order valence-corrected chi connectivity index (χ0v) is 9.91. The molecule has 0 aliphatic heterocycles.